The van der Waals surface area contributed by atoms with Crippen LogP contribution in [0.1, 0.15) is 5.69 Å². The van der Waals surface area contributed by atoms with Crippen LogP contribution in [0.25, 0.3) is 5.69 Å². The van der Waals surface area contributed by atoms with E-state index in [1.54, 1.807) is 29.8 Å². The monoisotopic (exact) mass is 344 g/mol. The number of aryl methyl sites for hydroxylation is 1. The zero-order valence-corrected chi connectivity index (χ0v) is 12.3. The number of aliphatic carboxylic acids is 1. The summed E-state index contributed by atoms with van der Waals surface area (Å²) in [6, 6.07) is 4.71. The van der Waals surface area contributed by atoms with E-state index in [0.717, 1.165) is 17.5 Å². The number of imidazole rings is 1. The van der Waals surface area contributed by atoms with Gasteiger partial charge in [0.25, 0.3) is 0 Å². The maximum absolute atomic E-state index is 13.5. The molecule has 0 aliphatic carbocycles. The summed E-state index contributed by atoms with van der Waals surface area (Å²) in [5, 5.41) is 9.23. The van der Waals surface area contributed by atoms with Crippen LogP contribution in [0.4, 0.5) is 4.39 Å². The molecule has 0 amide bonds. The van der Waals surface area contributed by atoms with Crippen LogP contribution in [0.5, 0.6) is 0 Å². The van der Waals surface area contributed by atoms with Crippen molar-refractivity contribution in [1.29, 1.82) is 0 Å². The minimum absolute atomic E-state index is 0.0878. The van der Waals surface area contributed by atoms with Crippen molar-refractivity contribution in [3.8, 4) is 5.69 Å². The van der Waals surface area contributed by atoms with Gasteiger partial charge in [-0.3, -0.25) is 9.36 Å². The second kappa shape index (κ2) is 5.75. The lowest BCUT2D eigenvalue weighted by atomic mass is 10.3. The molecule has 19 heavy (non-hydrogen) atoms. The SMILES string of the molecule is Cc1cn(-c2ccc(Br)c(F)c2)c(SCC(=O)O)n1. The van der Waals surface area contributed by atoms with Gasteiger partial charge in [-0.05, 0) is 41.1 Å². The minimum Gasteiger partial charge on any atom is -0.481 e. The first-order valence-electron chi connectivity index (χ1n) is 5.33. The molecular formula is C12H10BrFN2O2S. The Bertz CT molecular complexity index is 630. The largest absolute Gasteiger partial charge is 0.481 e. The van der Waals surface area contributed by atoms with Crippen LogP contribution in [0, 0.1) is 12.7 Å². The number of carbonyl (C=O) groups is 1. The van der Waals surface area contributed by atoms with Crippen LogP contribution in [0.3, 0.4) is 0 Å². The normalized spacial score (nSPS) is 10.7. The molecule has 1 aromatic carbocycles. The first-order chi connectivity index (χ1) is 8.97. The van der Waals surface area contributed by atoms with E-state index in [1.807, 2.05) is 0 Å². The maximum Gasteiger partial charge on any atom is 0.313 e. The fraction of sp³-hybridized carbons (Fsp3) is 0.167. The number of hydrogen-bond donors (Lipinski definition) is 1. The van der Waals surface area contributed by atoms with Crippen LogP contribution < -0.4 is 0 Å². The van der Waals surface area contributed by atoms with Gasteiger partial charge in [0, 0.05) is 6.20 Å². The van der Waals surface area contributed by atoms with Crippen molar-refractivity contribution in [2.45, 2.75) is 12.1 Å². The van der Waals surface area contributed by atoms with Gasteiger partial charge >= 0.3 is 5.97 Å². The molecule has 1 aromatic heterocycles. The zero-order valence-electron chi connectivity index (χ0n) is 9.93. The van der Waals surface area contributed by atoms with Gasteiger partial charge in [0.2, 0.25) is 0 Å². The van der Waals surface area contributed by atoms with Gasteiger partial charge in [0.15, 0.2) is 5.16 Å². The van der Waals surface area contributed by atoms with Crippen LogP contribution in [0.2, 0.25) is 0 Å². The Morgan fingerprint density at radius 2 is 2.32 bits per heavy atom. The van der Waals surface area contributed by atoms with Crippen molar-refractivity contribution < 1.29 is 14.3 Å². The molecule has 0 saturated carbocycles. The summed E-state index contributed by atoms with van der Waals surface area (Å²) in [6.07, 6.45) is 1.74. The van der Waals surface area contributed by atoms with Gasteiger partial charge in [-0.2, -0.15) is 0 Å². The molecule has 1 heterocycles. The average molecular weight is 345 g/mol. The predicted octanol–water partition coefficient (Wildman–Crippen LogP) is 3.26. The van der Waals surface area contributed by atoms with Gasteiger partial charge in [-0.15, -0.1) is 0 Å². The summed E-state index contributed by atoms with van der Waals surface area (Å²) < 4.78 is 15.6. The van der Waals surface area contributed by atoms with Crippen LogP contribution in [-0.2, 0) is 4.79 Å². The van der Waals surface area contributed by atoms with E-state index < -0.39 is 5.97 Å². The molecule has 7 heteroatoms. The maximum atomic E-state index is 13.5. The van der Waals surface area contributed by atoms with E-state index in [2.05, 4.69) is 20.9 Å². The highest BCUT2D eigenvalue weighted by Gasteiger charge is 2.11. The molecular weight excluding hydrogens is 335 g/mol. The van der Waals surface area contributed by atoms with Gasteiger partial charge < -0.3 is 5.11 Å². The van der Waals surface area contributed by atoms with E-state index in [1.165, 1.54) is 6.07 Å². The highest BCUT2D eigenvalue weighted by atomic mass is 79.9. The third-order valence-electron chi connectivity index (χ3n) is 2.30. The summed E-state index contributed by atoms with van der Waals surface area (Å²) in [6.45, 7) is 1.80. The van der Waals surface area contributed by atoms with E-state index in [4.69, 9.17) is 5.11 Å². The fourth-order valence-corrected chi connectivity index (χ4v) is 2.53. The molecule has 0 fully saturated rings. The number of halogens is 2. The standard InChI is InChI=1S/C12H10BrFN2O2S/c1-7-5-16(12(15-7)19-6-11(17)18)8-2-3-9(13)10(14)4-8/h2-5H,6H2,1H3,(H,17,18). The highest BCUT2D eigenvalue weighted by Crippen LogP contribution is 2.24. The molecule has 0 unspecified atom stereocenters. The summed E-state index contributed by atoms with van der Waals surface area (Å²) in [5.41, 5.74) is 1.35. The number of carboxylic acids is 1. The van der Waals surface area contributed by atoms with E-state index in [0.29, 0.717) is 15.3 Å². The number of nitrogens with zero attached hydrogens (tertiary/aromatic N) is 2. The molecule has 0 bridgehead atoms. The van der Waals surface area contributed by atoms with Gasteiger partial charge in [-0.25, -0.2) is 9.37 Å². The van der Waals surface area contributed by atoms with Crippen LogP contribution >= 0.6 is 27.7 Å². The average Bonchev–Trinajstić information content (AvgIpc) is 2.71. The Labute approximate surface area is 121 Å². The predicted molar refractivity (Wildman–Crippen MR) is 74.3 cm³/mol. The number of rotatable bonds is 4. The van der Waals surface area contributed by atoms with Crippen LogP contribution in [-0.4, -0.2) is 26.4 Å². The first kappa shape index (κ1) is 14.1. The molecule has 2 aromatic rings. The fourth-order valence-electron chi connectivity index (χ4n) is 1.52. The molecule has 4 nitrogen and oxygen atoms in total. The summed E-state index contributed by atoms with van der Waals surface area (Å²) in [7, 11) is 0. The van der Waals surface area contributed by atoms with E-state index in [-0.39, 0.29) is 11.6 Å². The smallest absolute Gasteiger partial charge is 0.313 e. The third-order valence-corrected chi connectivity index (χ3v) is 3.88. The quantitative estimate of drug-likeness (QED) is 0.865. The lowest BCUT2D eigenvalue weighted by Gasteiger charge is -2.07. The molecule has 0 aliphatic rings. The number of benzene rings is 1. The molecule has 1 N–H and O–H groups in total. The molecule has 0 radical (unpaired) electrons. The minimum atomic E-state index is -0.917. The lowest BCUT2D eigenvalue weighted by molar-refractivity contribution is -0.133. The molecule has 100 valence electrons. The highest BCUT2D eigenvalue weighted by molar-refractivity contribution is 9.10. The first-order valence-corrected chi connectivity index (χ1v) is 7.11. The Morgan fingerprint density at radius 1 is 1.58 bits per heavy atom. The van der Waals surface area contributed by atoms with Gasteiger partial charge in [0.1, 0.15) is 5.82 Å². The van der Waals surface area contributed by atoms with Crippen molar-refractivity contribution in [2.24, 2.45) is 0 Å². The number of aromatic nitrogens is 2. The molecule has 0 saturated heterocycles. The van der Waals surface area contributed by atoms with Crippen molar-refractivity contribution >= 4 is 33.7 Å². The van der Waals surface area contributed by atoms with Gasteiger partial charge in [0.05, 0.1) is 21.6 Å². The number of carboxylic acid groups (broad SMARTS) is 1. The molecule has 2 rings (SSSR count). The Balaban J connectivity index is 2.37. The van der Waals surface area contributed by atoms with E-state index in [9.17, 15) is 9.18 Å². The Morgan fingerprint density at radius 3 is 2.95 bits per heavy atom. The third kappa shape index (κ3) is 3.36. The molecule has 0 spiro atoms. The molecule has 0 atom stereocenters. The Hall–Kier alpha value is -1.34. The van der Waals surface area contributed by atoms with Crippen molar-refractivity contribution in [3.63, 3.8) is 0 Å². The number of thioether (sulfide) groups is 1. The Kier molecular flexibility index (Phi) is 4.26. The van der Waals surface area contributed by atoms with Crippen molar-refractivity contribution in [1.82, 2.24) is 9.55 Å². The van der Waals surface area contributed by atoms with E-state index >= 15 is 0 Å². The summed E-state index contributed by atoms with van der Waals surface area (Å²) in [4.78, 5) is 14.8. The number of hydrogen-bond acceptors (Lipinski definition) is 3. The van der Waals surface area contributed by atoms with Crippen LogP contribution in [0.15, 0.2) is 34.0 Å². The summed E-state index contributed by atoms with van der Waals surface area (Å²) in [5.74, 6) is -1.38. The second-order valence-corrected chi connectivity index (χ2v) is 5.61. The second-order valence-electron chi connectivity index (χ2n) is 3.82. The summed E-state index contributed by atoms with van der Waals surface area (Å²) >= 11 is 4.19. The van der Waals surface area contributed by atoms with Crippen molar-refractivity contribution in [3.05, 3.63) is 40.4 Å². The van der Waals surface area contributed by atoms with Crippen molar-refractivity contribution in [2.75, 3.05) is 5.75 Å². The molecule has 0 aliphatic heterocycles. The zero-order chi connectivity index (χ0) is 14.0. The van der Waals surface area contributed by atoms with Gasteiger partial charge in [-0.1, -0.05) is 11.8 Å². The topological polar surface area (TPSA) is 55.1 Å². The lowest BCUT2D eigenvalue weighted by Crippen LogP contribution is -2.01.